The van der Waals surface area contributed by atoms with E-state index in [2.05, 4.69) is 15.9 Å². The summed E-state index contributed by atoms with van der Waals surface area (Å²) in [6, 6.07) is 4.37. The molecule has 0 saturated carbocycles. The summed E-state index contributed by atoms with van der Waals surface area (Å²) in [7, 11) is 0. The minimum Gasteiger partial charge on any atom is -0.293 e. The van der Waals surface area contributed by atoms with E-state index >= 15 is 0 Å². The van der Waals surface area contributed by atoms with Crippen molar-refractivity contribution in [2.45, 2.75) is 24.5 Å². The third-order valence-electron chi connectivity index (χ3n) is 2.82. The summed E-state index contributed by atoms with van der Waals surface area (Å²) in [5, 5.41) is 0. The van der Waals surface area contributed by atoms with Gasteiger partial charge in [-0.05, 0) is 43.7 Å². The van der Waals surface area contributed by atoms with Gasteiger partial charge in [-0.15, -0.1) is 11.8 Å². The molecule has 86 valence electrons. The fourth-order valence-electron chi connectivity index (χ4n) is 1.95. The highest BCUT2D eigenvalue weighted by atomic mass is 79.9. The molecule has 0 spiro atoms. The molecule has 1 fully saturated rings. The maximum absolute atomic E-state index is 13.2. The summed E-state index contributed by atoms with van der Waals surface area (Å²) >= 11 is 4.88. The third kappa shape index (κ3) is 2.33. The first-order chi connectivity index (χ1) is 7.51. The van der Waals surface area contributed by atoms with Crippen LogP contribution in [-0.2, 0) is 0 Å². The molecule has 0 amide bonds. The van der Waals surface area contributed by atoms with Gasteiger partial charge in [-0.2, -0.15) is 0 Å². The van der Waals surface area contributed by atoms with Crippen LogP contribution in [0.15, 0.2) is 22.7 Å². The van der Waals surface area contributed by atoms with Gasteiger partial charge in [0.05, 0.1) is 4.75 Å². The molecule has 1 nitrogen and oxygen atoms in total. The Morgan fingerprint density at radius 2 is 2.25 bits per heavy atom. The molecule has 1 aromatic rings. The fourth-order valence-corrected chi connectivity index (χ4v) is 3.69. The van der Waals surface area contributed by atoms with E-state index in [1.165, 1.54) is 12.1 Å². The average molecular weight is 303 g/mol. The van der Waals surface area contributed by atoms with Crippen LogP contribution in [0.3, 0.4) is 0 Å². The minimum absolute atomic E-state index is 0.0372. The molecule has 1 saturated heterocycles. The Balaban J connectivity index is 2.33. The molecule has 4 heteroatoms. The van der Waals surface area contributed by atoms with E-state index in [1.54, 1.807) is 17.8 Å². The van der Waals surface area contributed by atoms with E-state index in [1.807, 2.05) is 6.92 Å². The Labute approximate surface area is 107 Å². The smallest absolute Gasteiger partial charge is 0.178 e. The highest BCUT2D eigenvalue weighted by Gasteiger charge is 2.37. The zero-order valence-electron chi connectivity index (χ0n) is 8.93. The zero-order valence-corrected chi connectivity index (χ0v) is 11.3. The van der Waals surface area contributed by atoms with Crippen molar-refractivity contribution in [1.29, 1.82) is 0 Å². The van der Waals surface area contributed by atoms with Crippen LogP contribution >= 0.6 is 27.7 Å². The monoisotopic (exact) mass is 302 g/mol. The molecule has 1 heterocycles. The molecule has 1 aliphatic heterocycles. The zero-order chi connectivity index (χ0) is 11.8. The first-order valence-electron chi connectivity index (χ1n) is 5.16. The SMILES string of the molecule is CC1(C(=O)c2cc(F)cc(Br)c2)CCCS1. The molecule has 2 rings (SSSR count). The number of Topliss-reactive ketones (excluding diaryl/α,β-unsaturated/α-hetero) is 1. The van der Waals surface area contributed by atoms with Crippen LogP contribution in [0.25, 0.3) is 0 Å². The molecule has 0 bridgehead atoms. The van der Waals surface area contributed by atoms with Crippen LogP contribution in [0.4, 0.5) is 4.39 Å². The highest BCUT2D eigenvalue weighted by molar-refractivity contribution is 9.10. The maximum Gasteiger partial charge on any atom is 0.178 e. The summed E-state index contributed by atoms with van der Waals surface area (Å²) in [4.78, 5) is 12.3. The fraction of sp³-hybridized carbons (Fsp3) is 0.417. The normalized spacial score (nSPS) is 24.7. The maximum atomic E-state index is 13.2. The molecule has 16 heavy (non-hydrogen) atoms. The lowest BCUT2D eigenvalue weighted by Crippen LogP contribution is -2.28. The number of ketones is 1. The van der Waals surface area contributed by atoms with Crippen LogP contribution in [-0.4, -0.2) is 16.3 Å². The number of rotatable bonds is 2. The number of hydrogen-bond acceptors (Lipinski definition) is 2. The van der Waals surface area contributed by atoms with E-state index in [9.17, 15) is 9.18 Å². The first-order valence-corrected chi connectivity index (χ1v) is 6.94. The molecule has 0 aromatic heterocycles. The molecule has 1 aliphatic rings. The van der Waals surface area contributed by atoms with Crippen molar-refractivity contribution in [3.63, 3.8) is 0 Å². The number of carbonyl (C=O) groups is 1. The standard InChI is InChI=1S/C12H12BrFOS/c1-12(3-2-4-16-12)11(15)8-5-9(13)7-10(14)6-8/h5-7H,2-4H2,1H3. The van der Waals surface area contributed by atoms with Gasteiger partial charge in [0.2, 0.25) is 0 Å². The van der Waals surface area contributed by atoms with Gasteiger partial charge in [0.25, 0.3) is 0 Å². The molecule has 1 atom stereocenters. The number of hydrogen-bond donors (Lipinski definition) is 0. The number of benzene rings is 1. The molecule has 0 N–H and O–H groups in total. The molecular formula is C12H12BrFOS. The Bertz CT molecular complexity index is 407. The van der Waals surface area contributed by atoms with Crippen molar-refractivity contribution in [2.24, 2.45) is 0 Å². The lowest BCUT2D eigenvalue weighted by molar-refractivity contribution is 0.0948. The largest absolute Gasteiger partial charge is 0.293 e. The predicted molar refractivity (Wildman–Crippen MR) is 68.5 cm³/mol. The van der Waals surface area contributed by atoms with Crippen molar-refractivity contribution in [3.05, 3.63) is 34.1 Å². The van der Waals surface area contributed by atoms with Gasteiger partial charge < -0.3 is 0 Å². The molecule has 1 unspecified atom stereocenters. The Kier molecular flexibility index (Phi) is 3.40. The summed E-state index contributed by atoms with van der Waals surface area (Å²) in [5.41, 5.74) is 0.462. The summed E-state index contributed by atoms with van der Waals surface area (Å²) in [6.07, 6.45) is 1.94. The van der Waals surface area contributed by atoms with Crippen LogP contribution < -0.4 is 0 Å². The van der Waals surface area contributed by atoms with Gasteiger partial charge in [0.15, 0.2) is 5.78 Å². The second-order valence-corrected chi connectivity index (χ2v) is 6.68. The van der Waals surface area contributed by atoms with Crippen LogP contribution in [0.2, 0.25) is 0 Å². The van der Waals surface area contributed by atoms with Crippen LogP contribution in [0.1, 0.15) is 30.1 Å². The predicted octanol–water partition coefficient (Wildman–Crippen LogP) is 4.06. The quantitative estimate of drug-likeness (QED) is 0.767. The summed E-state index contributed by atoms with van der Waals surface area (Å²) < 4.78 is 13.5. The van der Waals surface area contributed by atoms with Crippen molar-refractivity contribution in [3.8, 4) is 0 Å². The minimum atomic E-state index is -0.371. The van der Waals surface area contributed by atoms with Gasteiger partial charge in [-0.25, -0.2) is 4.39 Å². The summed E-state index contributed by atoms with van der Waals surface area (Å²) in [5.74, 6) is 0.679. The Morgan fingerprint density at radius 1 is 1.50 bits per heavy atom. The topological polar surface area (TPSA) is 17.1 Å². The molecule has 1 aromatic carbocycles. The van der Waals surface area contributed by atoms with Crippen LogP contribution in [0.5, 0.6) is 0 Å². The number of carbonyl (C=O) groups excluding carboxylic acids is 1. The van der Waals surface area contributed by atoms with Gasteiger partial charge >= 0.3 is 0 Å². The number of halogens is 2. The van der Waals surface area contributed by atoms with Gasteiger partial charge in [-0.3, -0.25) is 4.79 Å². The van der Waals surface area contributed by atoms with E-state index in [4.69, 9.17) is 0 Å². The Hall–Kier alpha value is -0.350. The lowest BCUT2D eigenvalue weighted by atomic mass is 9.95. The highest BCUT2D eigenvalue weighted by Crippen LogP contribution is 2.40. The van der Waals surface area contributed by atoms with Gasteiger partial charge in [0.1, 0.15) is 5.82 Å². The molecule has 0 aliphatic carbocycles. The first kappa shape index (κ1) is 12.1. The van der Waals surface area contributed by atoms with Crippen molar-refractivity contribution in [2.75, 3.05) is 5.75 Å². The van der Waals surface area contributed by atoms with Crippen molar-refractivity contribution >= 4 is 33.5 Å². The van der Waals surface area contributed by atoms with E-state index in [-0.39, 0.29) is 16.3 Å². The third-order valence-corrected chi connectivity index (χ3v) is 4.80. The summed E-state index contributed by atoms with van der Waals surface area (Å²) in [6.45, 7) is 1.95. The van der Waals surface area contributed by atoms with E-state index in [0.717, 1.165) is 18.6 Å². The lowest BCUT2D eigenvalue weighted by Gasteiger charge is -2.20. The van der Waals surface area contributed by atoms with Crippen molar-refractivity contribution < 1.29 is 9.18 Å². The van der Waals surface area contributed by atoms with Crippen LogP contribution in [0, 0.1) is 5.82 Å². The second kappa shape index (κ2) is 4.49. The molecule has 0 radical (unpaired) electrons. The number of thioether (sulfide) groups is 1. The van der Waals surface area contributed by atoms with Crippen molar-refractivity contribution in [1.82, 2.24) is 0 Å². The van der Waals surface area contributed by atoms with Gasteiger partial charge in [0, 0.05) is 10.0 Å². The van der Waals surface area contributed by atoms with E-state index < -0.39 is 0 Å². The second-order valence-electron chi connectivity index (χ2n) is 4.17. The Morgan fingerprint density at radius 3 is 2.81 bits per heavy atom. The average Bonchev–Trinajstić information content (AvgIpc) is 2.64. The van der Waals surface area contributed by atoms with Gasteiger partial charge in [-0.1, -0.05) is 15.9 Å². The van der Waals surface area contributed by atoms with E-state index in [0.29, 0.717) is 10.0 Å². The molecular weight excluding hydrogens is 291 g/mol.